The van der Waals surface area contributed by atoms with Crippen molar-refractivity contribution in [1.29, 1.82) is 0 Å². The van der Waals surface area contributed by atoms with Crippen molar-refractivity contribution in [3.63, 3.8) is 0 Å². The van der Waals surface area contributed by atoms with E-state index in [2.05, 4.69) is 15.0 Å². The van der Waals surface area contributed by atoms with Crippen LogP contribution in [0.5, 0.6) is 0 Å². The van der Waals surface area contributed by atoms with Gasteiger partial charge in [-0.25, -0.2) is 9.55 Å². The van der Waals surface area contributed by atoms with Gasteiger partial charge in [-0.1, -0.05) is 0 Å². The third-order valence-corrected chi connectivity index (χ3v) is 7.62. The third kappa shape index (κ3) is 3.20. The first-order chi connectivity index (χ1) is 14.6. The van der Waals surface area contributed by atoms with Gasteiger partial charge < -0.3 is 24.5 Å². The van der Waals surface area contributed by atoms with Gasteiger partial charge in [-0.3, -0.25) is 13.6 Å². The van der Waals surface area contributed by atoms with E-state index in [1.807, 2.05) is 18.4 Å². The first-order valence-electron chi connectivity index (χ1n) is 9.63. The van der Waals surface area contributed by atoms with Gasteiger partial charge in [0, 0.05) is 14.2 Å². The van der Waals surface area contributed by atoms with Gasteiger partial charge in [-0.05, 0) is 25.4 Å². The summed E-state index contributed by atoms with van der Waals surface area (Å²) in [5.41, 5.74) is 6.40. The fourth-order valence-corrected chi connectivity index (χ4v) is 5.46. The Bertz CT molecular complexity index is 1070. The molecule has 3 unspecified atom stereocenters. The van der Waals surface area contributed by atoms with Crippen LogP contribution in [0.25, 0.3) is 11.2 Å². The lowest BCUT2D eigenvalue weighted by atomic mass is 9.94. The number of nitrogens with zero attached hydrogens (tertiary/aromatic N) is 4. The highest BCUT2D eigenvalue weighted by Gasteiger charge is 2.80. The van der Waals surface area contributed by atoms with E-state index < -0.39 is 31.2 Å². The molecule has 1 spiro atoms. The number of phosphoric ester groups is 1. The quantitative estimate of drug-likeness (QED) is 0.483. The van der Waals surface area contributed by atoms with Gasteiger partial charge in [0.25, 0.3) is 0 Å². The zero-order chi connectivity index (χ0) is 22.2. The molecule has 2 aromatic rings. The average Bonchev–Trinajstić information content (AvgIpc) is 2.98. The SMILES string of the molecule is COP(=O)(OC)OC[C@H]1O[C@H]2C(n3cnc4c(N)nc(Cl)nc43)C23COC(C)(C)OC13. The number of aromatic nitrogens is 4. The molecule has 2 aromatic heterocycles. The highest BCUT2D eigenvalue weighted by Crippen LogP contribution is 2.69. The summed E-state index contributed by atoms with van der Waals surface area (Å²) >= 11 is 6.02. The van der Waals surface area contributed by atoms with E-state index in [4.69, 9.17) is 45.1 Å². The normalized spacial score (nSPS) is 34.0. The maximum atomic E-state index is 12.3. The van der Waals surface area contributed by atoms with Crippen molar-refractivity contribution in [1.82, 2.24) is 19.5 Å². The second-order valence-corrected chi connectivity index (χ2v) is 10.4. The van der Waals surface area contributed by atoms with Gasteiger partial charge in [-0.15, -0.1) is 0 Å². The van der Waals surface area contributed by atoms with Gasteiger partial charge in [0.05, 0.1) is 37.1 Å². The summed E-state index contributed by atoms with van der Waals surface area (Å²) in [5.74, 6) is -0.619. The Kier molecular flexibility index (Phi) is 4.89. The number of hydrogen-bond donors (Lipinski definition) is 1. The molecule has 2 saturated heterocycles. The molecule has 5 rings (SSSR count). The van der Waals surface area contributed by atoms with Crippen molar-refractivity contribution in [3.05, 3.63) is 11.6 Å². The third-order valence-electron chi connectivity index (χ3n) is 6.09. The van der Waals surface area contributed by atoms with E-state index in [-0.39, 0.29) is 29.9 Å². The van der Waals surface area contributed by atoms with Crippen LogP contribution in [-0.4, -0.2) is 71.1 Å². The van der Waals surface area contributed by atoms with Gasteiger partial charge in [-0.2, -0.15) is 9.97 Å². The Morgan fingerprint density at radius 3 is 2.77 bits per heavy atom. The van der Waals surface area contributed by atoms with E-state index in [0.717, 1.165) is 0 Å². The van der Waals surface area contributed by atoms with Crippen molar-refractivity contribution in [2.24, 2.45) is 5.41 Å². The van der Waals surface area contributed by atoms with E-state index in [9.17, 15) is 4.57 Å². The Morgan fingerprint density at radius 1 is 1.32 bits per heavy atom. The van der Waals surface area contributed by atoms with Gasteiger partial charge in [0.2, 0.25) is 5.28 Å². The summed E-state index contributed by atoms with van der Waals surface area (Å²) in [4.78, 5) is 12.6. The van der Waals surface area contributed by atoms with Crippen LogP contribution in [0, 0.1) is 5.41 Å². The molecule has 3 aliphatic rings. The predicted molar refractivity (Wildman–Crippen MR) is 107 cm³/mol. The van der Waals surface area contributed by atoms with Crippen LogP contribution in [0.4, 0.5) is 5.82 Å². The minimum absolute atomic E-state index is 0.0315. The molecule has 4 heterocycles. The second kappa shape index (κ2) is 7.06. The van der Waals surface area contributed by atoms with Gasteiger partial charge in [0.15, 0.2) is 17.3 Å². The number of hydrogen-bond acceptors (Lipinski definition) is 11. The molecule has 2 N–H and O–H groups in total. The van der Waals surface area contributed by atoms with Crippen LogP contribution in [0.3, 0.4) is 0 Å². The lowest BCUT2D eigenvalue weighted by Gasteiger charge is -2.42. The molecule has 170 valence electrons. The van der Waals surface area contributed by atoms with Gasteiger partial charge in [0.1, 0.15) is 17.7 Å². The number of phosphoric acid groups is 1. The Balaban J connectivity index is 1.46. The van der Waals surface area contributed by atoms with Crippen molar-refractivity contribution in [2.75, 3.05) is 33.2 Å². The van der Waals surface area contributed by atoms with Crippen LogP contribution < -0.4 is 5.73 Å². The molecule has 1 aliphatic carbocycles. The predicted octanol–water partition coefficient (Wildman–Crippen LogP) is 1.94. The lowest BCUT2D eigenvalue weighted by Crippen LogP contribution is -2.52. The monoisotopic (exact) mass is 475 g/mol. The van der Waals surface area contributed by atoms with E-state index in [0.29, 0.717) is 17.8 Å². The first kappa shape index (κ1) is 21.5. The molecule has 0 aromatic carbocycles. The summed E-state index contributed by atoms with van der Waals surface area (Å²) in [6.07, 6.45) is 0.472. The number of fused-ring (bicyclic) bond motifs is 1. The minimum atomic E-state index is -3.65. The largest absolute Gasteiger partial charge is 0.474 e. The number of nitrogen functional groups attached to an aromatic ring is 1. The van der Waals surface area contributed by atoms with Crippen LogP contribution in [-0.2, 0) is 32.3 Å². The zero-order valence-corrected chi connectivity index (χ0v) is 19.0. The molecule has 14 heteroatoms. The number of imidazole rings is 1. The van der Waals surface area contributed by atoms with Crippen LogP contribution in [0.2, 0.25) is 5.28 Å². The van der Waals surface area contributed by atoms with Crippen molar-refractivity contribution >= 4 is 36.4 Å². The minimum Gasteiger partial charge on any atom is -0.382 e. The van der Waals surface area contributed by atoms with Crippen molar-refractivity contribution in [2.45, 2.75) is 44.0 Å². The number of anilines is 1. The molecule has 12 nitrogen and oxygen atoms in total. The Morgan fingerprint density at radius 2 is 2.06 bits per heavy atom. The van der Waals surface area contributed by atoms with Crippen LogP contribution in [0.1, 0.15) is 19.9 Å². The maximum Gasteiger partial charge on any atom is 0.474 e. The Labute approximate surface area is 182 Å². The molecule has 2 aliphatic heterocycles. The molecule has 1 saturated carbocycles. The van der Waals surface area contributed by atoms with Crippen LogP contribution in [0.15, 0.2) is 6.33 Å². The number of rotatable bonds is 6. The van der Waals surface area contributed by atoms with E-state index in [1.165, 1.54) is 14.2 Å². The molecule has 5 atom stereocenters. The zero-order valence-electron chi connectivity index (χ0n) is 17.4. The standard InChI is InChI=1S/C17H23ClN5O7P/c1-16(2)27-6-17-10(23-7-20-9-13(19)21-15(18)22-14(9)23)12(17)29-8(11(17)30-16)5-28-31(24,25-3)26-4/h7-8,10-12H,5-6H2,1-4H3,(H2,19,21,22)/t8-,10?,11?,12+,17?/m1/s1. The summed E-state index contributed by atoms with van der Waals surface area (Å²) in [6, 6.07) is -0.170. The summed E-state index contributed by atoms with van der Waals surface area (Å²) < 4.78 is 47.8. The molecule has 0 radical (unpaired) electrons. The summed E-state index contributed by atoms with van der Waals surface area (Å²) in [7, 11) is -1.14. The lowest BCUT2D eigenvalue weighted by molar-refractivity contribution is -0.305. The molecule has 0 bridgehead atoms. The topological polar surface area (TPSA) is 142 Å². The average molecular weight is 476 g/mol. The first-order valence-corrected chi connectivity index (χ1v) is 11.5. The van der Waals surface area contributed by atoms with Crippen LogP contribution >= 0.6 is 19.4 Å². The summed E-state index contributed by atoms with van der Waals surface area (Å²) in [5, 5.41) is 0.0333. The maximum absolute atomic E-state index is 12.3. The van der Waals surface area contributed by atoms with E-state index in [1.54, 1.807) is 6.33 Å². The number of ether oxygens (including phenoxy) is 3. The molecule has 0 amide bonds. The van der Waals surface area contributed by atoms with Crippen molar-refractivity contribution in [3.8, 4) is 0 Å². The highest BCUT2D eigenvalue weighted by atomic mass is 35.5. The van der Waals surface area contributed by atoms with Gasteiger partial charge >= 0.3 is 7.82 Å². The van der Waals surface area contributed by atoms with E-state index >= 15 is 0 Å². The fraction of sp³-hybridized carbons (Fsp3) is 0.706. The molecule has 3 fully saturated rings. The number of nitrogens with two attached hydrogens (primary N) is 1. The molecular formula is C17H23ClN5O7P. The molecule has 31 heavy (non-hydrogen) atoms. The second-order valence-electron chi connectivity index (χ2n) is 8.19. The number of halogens is 1. The van der Waals surface area contributed by atoms with Crippen molar-refractivity contribution < 1.29 is 32.3 Å². The fourth-order valence-electron chi connectivity index (χ4n) is 4.60. The molecular weight excluding hydrogens is 453 g/mol. The highest BCUT2D eigenvalue weighted by molar-refractivity contribution is 7.48. The summed E-state index contributed by atoms with van der Waals surface area (Å²) in [6.45, 7) is 4.02. The Hall–Kier alpha value is -1.37. The smallest absolute Gasteiger partial charge is 0.382 e.